The number of ether oxygens (including phenoxy) is 3. The van der Waals surface area contributed by atoms with Crippen molar-refractivity contribution < 1.29 is 23.8 Å². The fourth-order valence-corrected chi connectivity index (χ4v) is 5.36. The number of hydrogen-bond acceptors (Lipinski definition) is 6. The summed E-state index contributed by atoms with van der Waals surface area (Å²) < 4.78 is 17.5. The number of Topliss-reactive ketones (excluding diaryl/α,β-unsaturated/α-hetero) is 1. The first-order valence-electron chi connectivity index (χ1n) is 13.3. The standard InChI is InChI=1S/C33H33NO5/c1-22-30(33(36)38-19-18-23-10-5-3-6-11-23)31(32-26(34-22)14-9-15-27(32)35)25-16-17-28(29(20-25)37-2)39-21-24-12-7-4-8-13-24/h3-8,10-14,16-17,20,31-32,34H,9,15,18-19,21H2,1-2H3. The SMILES string of the molecule is COc1cc(C2C(C(=O)OCCc3ccccc3)=C(C)NC3=CCCC(=O)C32)ccc1OCc1ccccc1. The Balaban J connectivity index is 1.44. The maximum absolute atomic E-state index is 13.5. The lowest BCUT2D eigenvalue weighted by atomic mass is 9.71. The van der Waals surface area contributed by atoms with Gasteiger partial charge >= 0.3 is 5.97 Å². The smallest absolute Gasteiger partial charge is 0.336 e. The molecule has 1 aliphatic heterocycles. The highest BCUT2D eigenvalue weighted by Crippen LogP contribution is 2.45. The van der Waals surface area contributed by atoms with E-state index < -0.39 is 17.8 Å². The summed E-state index contributed by atoms with van der Waals surface area (Å²) in [5, 5.41) is 3.33. The van der Waals surface area contributed by atoms with Gasteiger partial charge in [-0.05, 0) is 42.2 Å². The molecule has 1 heterocycles. The summed E-state index contributed by atoms with van der Waals surface area (Å²) in [5.74, 6) is -0.147. The second kappa shape index (κ2) is 12.0. The Bertz CT molecular complexity index is 1390. The minimum absolute atomic E-state index is 0.107. The van der Waals surface area contributed by atoms with Crippen LogP contribution in [0.25, 0.3) is 0 Å². The van der Waals surface area contributed by atoms with Gasteiger partial charge in [-0.1, -0.05) is 72.8 Å². The molecular formula is C33H33NO5. The number of rotatable bonds is 9. The molecule has 1 N–H and O–H groups in total. The van der Waals surface area contributed by atoms with E-state index in [4.69, 9.17) is 14.2 Å². The molecule has 0 spiro atoms. The lowest BCUT2D eigenvalue weighted by Gasteiger charge is -2.38. The van der Waals surface area contributed by atoms with Crippen LogP contribution in [-0.4, -0.2) is 25.5 Å². The predicted molar refractivity (Wildman–Crippen MR) is 149 cm³/mol. The summed E-state index contributed by atoms with van der Waals surface area (Å²) in [7, 11) is 1.59. The van der Waals surface area contributed by atoms with Crippen LogP contribution in [0.15, 0.2) is 102 Å². The third-order valence-electron chi connectivity index (χ3n) is 7.29. The molecule has 0 aromatic heterocycles. The Morgan fingerprint density at radius 2 is 1.64 bits per heavy atom. The molecule has 0 amide bonds. The van der Waals surface area contributed by atoms with E-state index in [0.29, 0.717) is 48.6 Å². The van der Waals surface area contributed by atoms with E-state index in [0.717, 1.165) is 22.4 Å². The maximum atomic E-state index is 13.5. The van der Waals surface area contributed by atoms with Crippen molar-refractivity contribution >= 4 is 11.8 Å². The number of esters is 1. The van der Waals surface area contributed by atoms with Crippen molar-refractivity contribution in [2.24, 2.45) is 5.92 Å². The molecule has 0 saturated heterocycles. The minimum Gasteiger partial charge on any atom is -0.493 e. The third kappa shape index (κ3) is 5.90. The molecule has 0 radical (unpaired) electrons. The van der Waals surface area contributed by atoms with Crippen LogP contribution in [0.4, 0.5) is 0 Å². The van der Waals surface area contributed by atoms with Crippen molar-refractivity contribution in [3.05, 3.63) is 119 Å². The second-order valence-corrected chi connectivity index (χ2v) is 9.84. The zero-order valence-electron chi connectivity index (χ0n) is 22.3. The predicted octanol–water partition coefficient (Wildman–Crippen LogP) is 5.88. The minimum atomic E-state index is -0.494. The average molecular weight is 524 g/mol. The summed E-state index contributed by atoms with van der Waals surface area (Å²) in [5.41, 5.74) is 4.96. The summed E-state index contributed by atoms with van der Waals surface area (Å²) in [6.07, 6.45) is 3.81. The Morgan fingerprint density at radius 3 is 2.36 bits per heavy atom. The van der Waals surface area contributed by atoms with Crippen molar-refractivity contribution in [3.63, 3.8) is 0 Å². The Morgan fingerprint density at radius 1 is 0.923 bits per heavy atom. The number of carbonyl (C=O) groups is 2. The zero-order chi connectivity index (χ0) is 27.2. The monoisotopic (exact) mass is 523 g/mol. The van der Waals surface area contributed by atoms with Gasteiger partial charge < -0.3 is 19.5 Å². The zero-order valence-corrected chi connectivity index (χ0v) is 22.3. The van der Waals surface area contributed by atoms with Crippen LogP contribution in [-0.2, 0) is 27.4 Å². The van der Waals surface area contributed by atoms with E-state index in [9.17, 15) is 9.59 Å². The lowest BCUT2D eigenvalue weighted by Crippen LogP contribution is -2.40. The van der Waals surface area contributed by atoms with Crippen LogP contribution in [0.2, 0.25) is 0 Å². The number of fused-ring (bicyclic) bond motifs is 1. The molecule has 3 aromatic carbocycles. The van der Waals surface area contributed by atoms with E-state index in [2.05, 4.69) is 11.4 Å². The summed E-state index contributed by atoms with van der Waals surface area (Å²) in [6, 6.07) is 25.5. The van der Waals surface area contributed by atoms with Crippen molar-refractivity contribution in [2.75, 3.05) is 13.7 Å². The first kappa shape index (κ1) is 26.3. The molecule has 6 nitrogen and oxygen atoms in total. The van der Waals surface area contributed by atoms with Crippen LogP contribution in [0.3, 0.4) is 0 Å². The summed E-state index contributed by atoms with van der Waals surface area (Å²) >= 11 is 0. The van der Waals surface area contributed by atoms with Gasteiger partial charge in [0.25, 0.3) is 0 Å². The average Bonchev–Trinajstić information content (AvgIpc) is 2.96. The Kier molecular flexibility index (Phi) is 8.11. The van der Waals surface area contributed by atoms with E-state index in [1.54, 1.807) is 7.11 Å². The van der Waals surface area contributed by atoms with Gasteiger partial charge in [-0.25, -0.2) is 4.79 Å². The van der Waals surface area contributed by atoms with Crippen LogP contribution >= 0.6 is 0 Å². The summed E-state index contributed by atoms with van der Waals surface area (Å²) in [6.45, 7) is 2.52. The topological polar surface area (TPSA) is 73.9 Å². The molecular weight excluding hydrogens is 490 g/mol. The van der Waals surface area contributed by atoms with Crippen LogP contribution in [0, 0.1) is 5.92 Å². The number of ketones is 1. The molecule has 0 fully saturated rings. The quantitative estimate of drug-likeness (QED) is 0.353. The molecule has 2 atom stereocenters. The Hall–Kier alpha value is -4.32. The van der Waals surface area contributed by atoms with Gasteiger partial charge in [0.05, 0.1) is 25.2 Å². The number of nitrogens with one attached hydrogen (secondary N) is 1. The second-order valence-electron chi connectivity index (χ2n) is 9.84. The van der Waals surface area contributed by atoms with Crippen molar-refractivity contribution in [1.29, 1.82) is 0 Å². The van der Waals surface area contributed by atoms with E-state index >= 15 is 0 Å². The van der Waals surface area contributed by atoms with Crippen LogP contribution in [0.1, 0.15) is 42.4 Å². The molecule has 2 aliphatic rings. The fraction of sp³-hybridized carbons (Fsp3) is 0.273. The van der Waals surface area contributed by atoms with Gasteiger partial charge in [0, 0.05) is 30.2 Å². The number of carbonyl (C=O) groups excluding carboxylic acids is 2. The van der Waals surface area contributed by atoms with Gasteiger partial charge in [-0.3, -0.25) is 4.79 Å². The van der Waals surface area contributed by atoms with Crippen molar-refractivity contribution in [1.82, 2.24) is 5.32 Å². The highest BCUT2D eigenvalue weighted by molar-refractivity contribution is 5.96. The molecule has 5 rings (SSSR count). The van der Waals surface area contributed by atoms with E-state index in [1.807, 2.05) is 85.8 Å². The number of allylic oxidation sites excluding steroid dienone is 3. The van der Waals surface area contributed by atoms with Gasteiger partial charge in [-0.15, -0.1) is 0 Å². The first-order chi connectivity index (χ1) is 19.0. The summed E-state index contributed by atoms with van der Waals surface area (Å²) in [4.78, 5) is 26.8. The maximum Gasteiger partial charge on any atom is 0.336 e. The van der Waals surface area contributed by atoms with Crippen molar-refractivity contribution in [2.45, 2.75) is 38.7 Å². The fourth-order valence-electron chi connectivity index (χ4n) is 5.36. The van der Waals surface area contributed by atoms with Gasteiger partial charge in [-0.2, -0.15) is 0 Å². The number of methoxy groups -OCH3 is 1. The largest absolute Gasteiger partial charge is 0.493 e. The molecule has 1 aliphatic carbocycles. The van der Waals surface area contributed by atoms with Crippen molar-refractivity contribution in [3.8, 4) is 11.5 Å². The number of hydrogen-bond donors (Lipinski definition) is 1. The normalized spacial score (nSPS) is 18.5. The highest BCUT2D eigenvalue weighted by Gasteiger charge is 2.43. The Labute approximate surface area is 229 Å². The lowest BCUT2D eigenvalue weighted by molar-refractivity contribution is -0.139. The molecule has 200 valence electrons. The third-order valence-corrected chi connectivity index (χ3v) is 7.29. The molecule has 39 heavy (non-hydrogen) atoms. The van der Waals surface area contributed by atoms with Crippen LogP contribution in [0.5, 0.6) is 11.5 Å². The van der Waals surface area contributed by atoms with Gasteiger partial charge in [0.15, 0.2) is 11.5 Å². The van der Waals surface area contributed by atoms with E-state index in [1.165, 1.54) is 0 Å². The molecule has 2 unspecified atom stereocenters. The molecule has 3 aromatic rings. The molecule has 0 saturated carbocycles. The molecule has 6 heteroatoms. The van der Waals surface area contributed by atoms with Gasteiger partial charge in [0.1, 0.15) is 12.4 Å². The van der Waals surface area contributed by atoms with Crippen LogP contribution < -0.4 is 14.8 Å². The van der Waals surface area contributed by atoms with Gasteiger partial charge in [0.2, 0.25) is 0 Å². The number of benzene rings is 3. The first-order valence-corrected chi connectivity index (χ1v) is 13.3. The highest BCUT2D eigenvalue weighted by atomic mass is 16.5. The molecule has 0 bridgehead atoms. The van der Waals surface area contributed by atoms with E-state index in [-0.39, 0.29) is 12.4 Å².